The first-order chi connectivity index (χ1) is 16.4. The average Bonchev–Trinajstić information content (AvgIpc) is 3.42. The van der Waals surface area contributed by atoms with Crippen LogP contribution in [0.1, 0.15) is 18.9 Å². The Morgan fingerprint density at radius 1 is 1.29 bits per heavy atom. The summed E-state index contributed by atoms with van der Waals surface area (Å²) in [7, 11) is 0. The monoisotopic (exact) mass is 484 g/mol. The zero-order valence-corrected chi connectivity index (χ0v) is 20.3. The van der Waals surface area contributed by atoms with E-state index in [1.165, 1.54) is 11.0 Å². The van der Waals surface area contributed by atoms with Crippen LogP contribution in [0.15, 0.2) is 55.6 Å². The van der Waals surface area contributed by atoms with Gasteiger partial charge in [-0.15, -0.1) is 18.3 Å². The summed E-state index contributed by atoms with van der Waals surface area (Å²) in [5.41, 5.74) is 0.979. The van der Waals surface area contributed by atoms with E-state index in [0.29, 0.717) is 13.1 Å². The second kappa shape index (κ2) is 9.96. The van der Waals surface area contributed by atoms with Gasteiger partial charge in [0.1, 0.15) is 12.6 Å². The lowest BCUT2D eigenvalue weighted by atomic mass is 9.66. The van der Waals surface area contributed by atoms with Crippen molar-refractivity contribution < 1.29 is 24.2 Å². The van der Waals surface area contributed by atoms with E-state index < -0.39 is 28.6 Å². The Kier molecular flexibility index (Phi) is 7.19. The molecule has 8 heteroatoms. The largest absolute Gasteiger partial charge is 0.461 e. The number of hydrogen-bond acceptors (Lipinski definition) is 6. The van der Waals surface area contributed by atoms with E-state index in [-0.39, 0.29) is 42.7 Å². The molecule has 3 aliphatic heterocycles. The number of likely N-dealkylation sites (tertiary alicyclic amines) is 1. The van der Waals surface area contributed by atoms with Gasteiger partial charge in [-0.05, 0) is 17.9 Å². The van der Waals surface area contributed by atoms with Crippen molar-refractivity contribution in [2.45, 2.75) is 35.9 Å². The fraction of sp³-hybridized carbons (Fsp3) is 0.500. The van der Waals surface area contributed by atoms with Gasteiger partial charge < -0.3 is 19.6 Å². The molecule has 34 heavy (non-hydrogen) atoms. The SMILES string of the molecule is C=CCOC(=O)[C@@H]1[C@H]2C(=O)N(CCO)C(C(=O)N(CC=C)Cc3ccccc3)C23S[C@@H]1CC3C. The lowest BCUT2D eigenvalue weighted by molar-refractivity contribution is -0.153. The minimum Gasteiger partial charge on any atom is -0.461 e. The predicted octanol–water partition coefficient (Wildman–Crippen LogP) is 2.26. The van der Waals surface area contributed by atoms with E-state index in [1.54, 1.807) is 22.7 Å². The summed E-state index contributed by atoms with van der Waals surface area (Å²) >= 11 is 1.59. The first-order valence-corrected chi connectivity index (χ1v) is 12.6. The van der Waals surface area contributed by atoms with Gasteiger partial charge >= 0.3 is 5.97 Å². The molecule has 1 N–H and O–H groups in total. The molecule has 0 aromatic heterocycles. The van der Waals surface area contributed by atoms with Crippen LogP contribution >= 0.6 is 11.8 Å². The van der Waals surface area contributed by atoms with Crippen LogP contribution in [0.4, 0.5) is 0 Å². The predicted molar refractivity (Wildman–Crippen MR) is 131 cm³/mol. The van der Waals surface area contributed by atoms with Crippen LogP contribution in [0.25, 0.3) is 0 Å². The highest BCUT2D eigenvalue weighted by Crippen LogP contribution is 2.68. The number of benzene rings is 1. The number of nitrogens with zero attached hydrogens (tertiary/aromatic N) is 2. The molecule has 3 saturated heterocycles. The van der Waals surface area contributed by atoms with Gasteiger partial charge in [0, 0.05) is 24.9 Å². The van der Waals surface area contributed by atoms with Crippen LogP contribution in [0.3, 0.4) is 0 Å². The van der Waals surface area contributed by atoms with Crippen molar-refractivity contribution >= 4 is 29.5 Å². The van der Waals surface area contributed by atoms with Gasteiger partial charge in [-0.3, -0.25) is 14.4 Å². The van der Waals surface area contributed by atoms with Crippen molar-refractivity contribution in [1.29, 1.82) is 0 Å². The maximum Gasteiger partial charge on any atom is 0.311 e. The molecule has 182 valence electrons. The molecule has 3 aliphatic rings. The van der Waals surface area contributed by atoms with Crippen molar-refractivity contribution in [2.24, 2.45) is 17.8 Å². The Morgan fingerprint density at radius 2 is 2.03 bits per heavy atom. The number of fused-ring (bicyclic) bond motifs is 1. The number of aliphatic hydroxyl groups is 1. The van der Waals surface area contributed by atoms with Gasteiger partial charge in [-0.1, -0.05) is 56.0 Å². The number of hydrogen-bond donors (Lipinski definition) is 1. The molecular weight excluding hydrogens is 452 g/mol. The Bertz CT molecular complexity index is 969. The topological polar surface area (TPSA) is 87.1 Å². The normalized spacial score (nSPS) is 31.3. The summed E-state index contributed by atoms with van der Waals surface area (Å²) in [5, 5.41) is 9.69. The Hall–Kier alpha value is -2.58. The van der Waals surface area contributed by atoms with E-state index in [9.17, 15) is 19.5 Å². The molecule has 2 amide bonds. The van der Waals surface area contributed by atoms with Crippen molar-refractivity contribution in [1.82, 2.24) is 9.80 Å². The number of carbonyl (C=O) groups is 3. The quantitative estimate of drug-likeness (QED) is 0.405. The molecule has 3 heterocycles. The molecule has 0 saturated carbocycles. The molecule has 4 rings (SSSR count). The number of rotatable bonds is 10. The molecule has 1 aromatic rings. The van der Waals surface area contributed by atoms with Crippen LogP contribution < -0.4 is 0 Å². The first kappa shape index (κ1) is 24.5. The van der Waals surface area contributed by atoms with Gasteiger partial charge in [0.25, 0.3) is 0 Å². The zero-order valence-electron chi connectivity index (χ0n) is 19.5. The minimum absolute atomic E-state index is 0.0487. The first-order valence-electron chi connectivity index (χ1n) is 11.7. The van der Waals surface area contributed by atoms with Gasteiger partial charge in [0.05, 0.1) is 23.2 Å². The maximum absolute atomic E-state index is 14.1. The molecule has 3 fully saturated rings. The van der Waals surface area contributed by atoms with Crippen LogP contribution in [-0.4, -0.2) is 75.0 Å². The summed E-state index contributed by atoms with van der Waals surface area (Å²) in [6.07, 6.45) is 3.93. The van der Waals surface area contributed by atoms with Crippen LogP contribution in [0.2, 0.25) is 0 Å². The number of aliphatic hydroxyl groups excluding tert-OH is 1. The fourth-order valence-corrected chi connectivity index (χ4v) is 8.42. The second-order valence-electron chi connectivity index (χ2n) is 9.22. The molecule has 3 unspecified atom stereocenters. The number of carbonyl (C=O) groups excluding carboxylic acids is 3. The van der Waals surface area contributed by atoms with Gasteiger partial charge in [0.2, 0.25) is 11.8 Å². The second-order valence-corrected chi connectivity index (χ2v) is 10.8. The smallest absolute Gasteiger partial charge is 0.311 e. The van der Waals surface area contributed by atoms with Crippen LogP contribution in [-0.2, 0) is 25.7 Å². The van der Waals surface area contributed by atoms with E-state index in [0.717, 1.165) is 12.0 Å². The third-order valence-electron chi connectivity index (χ3n) is 7.31. The highest BCUT2D eigenvalue weighted by atomic mass is 32.2. The molecule has 2 bridgehead atoms. The van der Waals surface area contributed by atoms with E-state index >= 15 is 0 Å². The van der Waals surface area contributed by atoms with Crippen molar-refractivity contribution in [2.75, 3.05) is 26.3 Å². The summed E-state index contributed by atoms with van der Waals surface area (Å²) < 4.78 is 4.64. The Morgan fingerprint density at radius 3 is 2.68 bits per heavy atom. The lowest BCUT2D eigenvalue weighted by Gasteiger charge is -2.40. The van der Waals surface area contributed by atoms with E-state index in [1.807, 2.05) is 30.3 Å². The maximum atomic E-state index is 14.1. The summed E-state index contributed by atoms with van der Waals surface area (Å²) in [5.74, 6) is -2.02. The van der Waals surface area contributed by atoms with Gasteiger partial charge in [0.15, 0.2) is 0 Å². The summed E-state index contributed by atoms with van der Waals surface area (Å²) in [6, 6.07) is 8.93. The van der Waals surface area contributed by atoms with Crippen molar-refractivity contribution in [3.63, 3.8) is 0 Å². The molecule has 0 aliphatic carbocycles. The fourth-order valence-electron chi connectivity index (χ4n) is 6.02. The van der Waals surface area contributed by atoms with Gasteiger partial charge in [-0.2, -0.15) is 0 Å². The molecule has 1 aromatic carbocycles. The Balaban J connectivity index is 1.72. The molecule has 7 nitrogen and oxygen atoms in total. The summed E-state index contributed by atoms with van der Waals surface area (Å²) in [6.45, 7) is 10.1. The van der Waals surface area contributed by atoms with E-state index in [2.05, 4.69) is 20.1 Å². The molecule has 0 radical (unpaired) electrons. The van der Waals surface area contributed by atoms with Crippen LogP contribution in [0, 0.1) is 17.8 Å². The minimum atomic E-state index is -0.761. The molecule has 6 atom stereocenters. The van der Waals surface area contributed by atoms with Crippen molar-refractivity contribution in [3.05, 3.63) is 61.2 Å². The molecular formula is C26H32N2O5S. The van der Waals surface area contributed by atoms with Gasteiger partial charge in [-0.25, -0.2) is 0 Å². The number of β-amino-alcohol motifs (C(OH)–C–C–N with tert-alkyl or cyclic N) is 1. The van der Waals surface area contributed by atoms with Crippen molar-refractivity contribution in [3.8, 4) is 0 Å². The number of esters is 1. The standard InChI is InChI=1S/C26H32N2O5S/c1-4-11-27(16-18-9-7-6-8-10-18)24(31)22-26-17(3)15-19(34-26)20(25(32)33-14-5-2)21(26)23(30)28(22)12-13-29/h4-10,17,19-22,29H,1-2,11-16H2,3H3/t17?,19-,20+,21+,22?,26?/m1/s1. The third-order valence-corrected chi connectivity index (χ3v) is 9.39. The zero-order chi connectivity index (χ0) is 24.5. The average molecular weight is 485 g/mol. The Labute approximate surface area is 204 Å². The van der Waals surface area contributed by atoms with E-state index in [4.69, 9.17) is 4.74 Å². The summed E-state index contributed by atoms with van der Waals surface area (Å²) in [4.78, 5) is 44.1. The van der Waals surface area contributed by atoms with Crippen LogP contribution in [0.5, 0.6) is 0 Å². The number of amides is 2. The highest BCUT2D eigenvalue weighted by Gasteiger charge is 2.76. The highest BCUT2D eigenvalue weighted by molar-refractivity contribution is 8.02. The molecule has 1 spiro atoms. The third kappa shape index (κ3) is 3.86. The lowest BCUT2D eigenvalue weighted by Crippen LogP contribution is -2.57. The number of ether oxygens (including phenoxy) is 1. The number of thioether (sulfide) groups is 1.